The summed E-state index contributed by atoms with van der Waals surface area (Å²) >= 11 is 6.85. The van der Waals surface area contributed by atoms with E-state index in [2.05, 4.69) is 15.3 Å². The van der Waals surface area contributed by atoms with E-state index < -0.39 is 9.84 Å². The smallest absolute Gasteiger partial charge is 0.209 e. The van der Waals surface area contributed by atoms with Crippen LogP contribution in [-0.4, -0.2) is 47.2 Å². The van der Waals surface area contributed by atoms with Crippen molar-refractivity contribution >= 4 is 44.2 Å². The summed E-state index contributed by atoms with van der Waals surface area (Å²) in [6, 6.07) is 8.14. The Morgan fingerprint density at radius 1 is 1.40 bits per heavy atom. The van der Waals surface area contributed by atoms with Crippen LogP contribution in [0.2, 0.25) is 0 Å². The maximum atomic E-state index is 11.7. The Morgan fingerprint density at radius 2 is 2.12 bits per heavy atom. The molecule has 25 heavy (non-hydrogen) atoms. The van der Waals surface area contributed by atoms with Crippen LogP contribution < -0.4 is 5.32 Å². The van der Waals surface area contributed by atoms with Gasteiger partial charge in [-0.3, -0.25) is 4.90 Å². The summed E-state index contributed by atoms with van der Waals surface area (Å²) in [5.74, 6) is 0.504. The zero-order valence-electron chi connectivity index (χ0n) is 14.3. The number of sulfone groups is 1. The van der Waals surface area contributed by atoms with Gasteiger partial charge in [-0.1, -0.05) is 36.0 Å². The van der Waals surface area contributed by atoms with Gasteiger partial charge in [-0.25, -0.2) is 13.1 Å². The number of hydrogen-bond acceptors (Lipinski definition) is 7. The first-order chi connectivity index (χ1) is 11.9. The van der Waals surface area contributed by atoms with Gasteiger partial charge in [-0.05, 0) is 44.2 Å². The van der Waals surface area contributed by atoms with Gasteiger partial charge < -0.3 is 5.32 Å². The van der Waals surface area contributed by atoms with Gasteiger partial charge in [0.1, 0.15) is 0 Å². The van der Waals surface area contributed by atoms with Crippen molar-refractivity contribution in [3.63, 3.8) is 0 Å². The molecule has 0 aliphatic carbocycles. The highest BCUT2D eigenvalue weighted by atomic mass is 32.2. The van der Waals surface area contributed by atoms with Gasteiger partial charge in [-0.2, -0.15) is 0 Å². The Bertz CT molecular complexity index is 887. The lowest BCUT2D eigenvalue weighted by atomic mass is 10.2. The van der Waals surface area contributed by atoms with Gasteiger partial charge in [0.2, 0.25) is 5.13 Å². The Balaban J connectivity index is 1.71. The summed E-state index contributed by atoms with van der Waals surface area (Å²) in [6.07, 6.45) is 0.683. The van der Waals surface area contributed by atoms with Gasteiger partial charge in [0.15, 0.2) is 13.8 Å². The minimum Gasteiger partial charge on any atom is -0.330 e. The summed E-state index contributed by atoms with van der Waals surface area (Å²) < 4.78 is 25.9. The van der Waals surface area contributed by atoms with Crippen LogP contribution in [0.25, 0.3) is 0 Å². The predicted octanol–water partition coefficient (Wildman–Crippen LogP) is 3.19. The highest BCUT2D eigenvalue weighted by molar-refractivity contribution is 7.91. The molecule has 0 spiro atoms. The van der Waals surface area contributed by atoms with E-state index in [9.17, 15) is 8.42 Å². The molecule has 0 bridgehead atoms. The summed E-state index contributed by atoms with van der Waals surface area (Å²) in [5, 5.41) is 8.56. The number of aryl methyl sites for hydroxylation is 1. The highest BCUT2D eigenvalue weighted by Crippen LogP contribution is 2.22. The minimum absolute atomic E-state index is 0.0482. The summed E-state index contributed by atoms with van der Waals surface area (Å²) in [5.41, 5.74) is 2.17. The van der Waals surface area contributed by atoms with Crippen molar-refractivity contribution < 1.29 is 8.42 Å². The van der Waals surface area contributed by atoms with Crippen molar-refractivity contribution in [2.24, 2.45) is 0 Å². The van der Waals surface area contributed by atoms with Crippen LogP contribution in [0.1, 0.15) is 18.9 Å². The molecule has 0 saturated carbocycles. The molecule has 2 heterocycles. The van der Waals surface area contributed by atoms with Gasteiger partial charge in [0.25, 0.3) is 0 Å². The predicted molar refractivity (Wildman–Crippen MR) is 105 cm³/mol. The van der Waals surface area contributed by atoms with E-state index in [1.807, 2.05) is 38.1 Å². The molecule has 1 aromatic carbocycles. The molecule has 1 aliphatic rings. The molecular formula is C16H22N4O2S3. The van der Waals surface area contributed by atoms with Crippen LogP contribution >= 0.6 is 23.6 Å². The first-order valence-electron chi connectivity index (χ1n) is 8.22. The lowest BCUT2D eigenvalue weighted by Gasteiger charge is -2.25. The SMILES string of the molecule is CCN(Cn1nc(Nc2ccc(C)cc2)sc1=S)[C@@H]1CCS(=O)(=O)C1. The molecule has 1 aromatic heterocycles. The summed E-state index contributed by atoms with van der Waals surface area (Å²) in [6.45, 7) is 5.36. The third-order valence-corrected chi connectivity index (χ3v) is 7.33. The fraction of sp³-hybridized carbons (Fsp3) is 0.500. The third kappa shape index (κ3) is 4.66. The van der Waals surface area contributed by atoms with Crippen molar-refractivity contribution in [3.8, 4) is 0 Å². The van der Waals surface area contributed by atoms with E-state index in [1.54, 1.807) is 4.68 Å². The maximum Gasteiger partial charge on any atom is 0.209 e. The molecule has 6 nitrogen and oxygen atoms in total. The van der Waals surface area contributed by atoms with Crippen LogP contribution in [0.3, 0.4) is 0 Å². The summed E-state index contributed by atoms with van der Waals surface area (Å²) in [7, 11) is -2.90. The van der Waals surface area contributed by atoms with Crippen LogP contribution in [-0.2, 0) is 16.5 Å². The molecule has 136 valence electrons. The van der Waals surface area contributed by atoms with Gasteiger partial charge in [-0.15, -0.1) is 5.10 Å². The molecule has 3 rings (SSSR count). The van der Waals surface area contributed by atoms with E-state index in [1.165, 1.54) is 16.9 Å². The largest absolute Gasteiger partial charge is 0.330 e. The van der Waals surface area contributed by atoms with Gasteiger partial charge >= 0.3 is 0 Å². The van der Waals surface area contributed by atoms with Crippen LogP contribution in [0.4, 0.5) is 10.8 Å². The topological polar surface area (TPSA) is 67.2 Å². The summed E-state index contributed by atoms with van der Waals surface area (Å²) in [4.78, 5) is 2.13. The van der Waals surface area contributed by atoms with Crippen LogP contribution in [0.15, 0.2) is 24.3 Å². The zero-order chi connectivity index (χ0) is 18.0. The van der Waals surface area contributed by atoms with Crippen molar-refractivity contribution in [3.05, 3.63) is 33.8 Å². The van der Waals surface area contributed by atoms with Crippen molar-refractivity contribution in [1.82, 2.24) is 14.7 Å². The quantitative estimate of drug-likeness (QED) is 0.754. The Morgan fingerprint density at radius 3 is 2.72 bits per heavy atom. The number of anilines is 2. The number of aromatic nitrogens is 2. The molecule has 1 N–H and O–H groups in total. The standard InChI is InChI=1S/C16H22N4O2S3/c1-3-19(14-8-9-25(21,22)10-14)11-20-16(23)24-15(18-20)17-13-6-4-12(2)5-7-13/h4-7,14H,3,8-11H2,1-2H3,(H,17,18)/t14-/m1/s1. The van der Waals surface area contributed by atoms with Crippen LogP contribution in [0.5, 0.6) is 0 Å². The first kappa shape index (κ1) is 18.5. The average Bonchev–Trinajstić information content (AvgIpc) is 3.09. The van der Waals surface area contributed by atoms with E-state index in [-0.39, 0.29) is 17.5 Å². The minimum atomic E-state index is -2.90. The molecular weight excluding hydrogens is 376 g/mol. The zero-order valence-corrected chi connectivity index (χ0v) is 16.8. The Kier molecular flexibility index (Phi) is 5.57. The number of nitrogens with one attached hydrogen (secondary N) is 1. The lowest BCUT2D eigenvalue weighted by molar-refractivity contribution is 0.165. The molecule has 1 fully saturated rings. The number of benzene rings is 1. The van der Waals surface area contributed by atoms with Gasteiger partial charge in [0, 0.05) is 11.7 Å². The average molecular weight is 399 g/mol. The Labute approximate surface area is 157 Å². The number of nitrogens with zero attached hydrogens (tertiary/aromatic N) is 3. The van der Waals surface area contributed by atoms with Crippen molar-refractivity contribution in [2.75, 3.05) is 23.4 Å². The third-order valence-electron chi connectivity index (χ3n) is 4.36. The monoisotopic (exact) mass is 398 g/mol. The van der Waals surface area contributed by atoms with Crippen molar-refractivity contribution in [1.29, 1.82) is 0 Å². The number of hydrogen-bond donors (Lipinski definition) is 1. The molecule has 0 amide bonds. The van der Waals surface area contributed by atoms with E-state index in [0.717, 1.165) is 17.4 Å². The molecule has 9 heteroatoms. The van der Waals surface area contributed by atoms with Gasteiger partial charge in [0.05, 0.1) is 18.2 Å². The first-order valence-corrected chi connectivity index (χ1v) is 11.3. The maximum absolute atomic E-state index is 11.7. The highest BCUT2D eigenvalue weighted by Gasteiger charge is 2.31. The lowest BCUT2D eigenvalue weighted by Crippen LogP contribution is -2.37. The second kappa shape index (κ2) is 7.53. The molecule has 1 saturated heterocycles. The molecule has 0 radical (unpaired) electrons. The van der Waals surface area contributed by atoms with Crippen LogP contribution in [0, 0.1) is 10.9 Å². The van der Waals surface area contributed by atoms with E-state index in [0.29, 0.717) is 17.0 Å². The normalized spacial score (nSPS) is 19.4. The van der Waals surface area contributed by atoms with Crippen molar-refractivity contribution in [2.45, 2.75) is 33.0 Å². The molecule has 0 unspecified atom stereocenters. The van der Waals surface area contributed by atoms with E-state index >= 15 is 0 Å². The fourth-order valence-electron chi connectivity index (χ4n) is 2.92. The number of rotatable bonds is 6. The second-order valence-corrected chi connectivity index (χ2v) is 10.1. The molecule has 2 aromatic rings. The Hall–Kier alpha value is -1.29. The second-order valence-electron chi connectivity index (χ2n) is 6.27. The van der Waals surface area contributed by atoms with E-state index in [4.69, 9.17) is 12.2 Å². The fourth-order valence-corrected chi connectivity index (χ4v) is 5.69. The molecule has 1 atom stereocenters. The molecule has 1 aliphatic heterocycles.